The summed E-state index contributed by atoms with van der Waals surface area (Å²) in [6, 6.07) is 6.97. The van der Waals surface area contributed by atoms with Crippen molar-refractivity contribution in [2.24, 2.45) is 0 Å². The van der Waals surface area contributed by atoms with Crippen LogP contribution < -0.4 is 4.74 Å². The Morgan fingerprint density at radius 1 is 1.33 bits per heavy atom. The lowest BCUT2D eigenvalue weighted by Crippen LogP contribution is -2.05. The van der Waals surface area contributed by atoms with Crippen molar-refractivity contribution >= 4 is 11.5 Å². The number of cyclic esters (lactones) is 1. The second kappa shape index (κ2) is 3.74. The molecule has 1 aliphatic rings. The number of esters is 1. The molecule has 1 heterocycles. The van der Waals surface area contributed by atoms with Gasteiger partial charge in [-0.2, -0.15) is 0 Å². The van der Waals surface area contributed by atoms with Gasteiger partial charge in [0.25, 0.3) is 0 Å². The third-order valence-electron chi connectivity index (χ3n) is 2.16. The monoisotopic (exact) mass is 206 g/mol. The number of carbonyl (C=O) groups is 1. The van der Waals surface area contributed by atoms with E-state index < -0.39 is 12.3 Å². The maximum Gasteiger partial charge on any atom is 0.341 e. The summed E-state index contributed by atoms with van der Waals surface area (Å²) < 4.78 is 9.57. The molecule has 0 aromatic heterocycles. The van der Waals surface area contributed by atoms with Crippen LogP contribution in [0.25, 0.3) is 5.57 Å². The molecular weight excluding hydrogens is 196 g/mol. The van der Waals surface area contributed by atoms with Crippen LogP contribution in [0.2, 0.25) is 0 Å². The molecule has 0 aliphatic carbocycles. The summed E-state index contributed by atoms with van der Waals surface area (Å²) >= 11 is 0. The number of aliphatic hydroxyl groups excluding tert-OH is 1. The smallest absolute Gasteiger partial charge is 0.341 e. The minimum Gasteiger partial charge on any atom is -0.497 e. The Morgan fingerprint density at radius 2 is 2.00 bits per heavy atom. The number of ether oxygens (including phenoxy) is 2. The van der Waals surface area contributed by atoms with Gasteiger partial charge in [0, 0.05) is 0 Å². The summed E-state index contributed by atoms with van der Waals surface area (Å²) in [5.41, 5.74) is 1.09. The van der Waals surface area contributed by atoms with E-state index >= 15 is 0 Å². The van der Waals surface area contributed by atoms with Gasteiger partial charge in [-0.25, -0.2) is 4.79 Å². The second-order valence-electron chi connectivity index (χ2n) is 3.10. The van der Waals surface area contributed by atoms with Crippen molar-refractivity contribution in [3.8, 4) is 5.75 Å². The van der Waals surface area contributed by atoms with E-state index in [2.05, 4.69) is 4.74 Å². The molecule has 0 radical (unpaired) electrons. The van der Waals surface area contributed by atoms with Crippen LogP contribution in [-0.4, -0.2) is 24.5 Å². The number of methoxy groups -OCH3 is 1. The fourth-order valence-corrected chi connectivity index (χ4v) is 1.40. The van der Waals surface area contributed by atoms with Gasteiger partial charge >= 0.3 is 5.97 Å². The first-order chi connectivity index (χ1) is 7.20. The Hall–Kier alpha value is -1.81. The summed E-state index contributed by atoms with van der Waals surface area (Å²) in [6.45, 7) is 0. The van der Waals surface area contributed by atoms with Gasteiger partial charge in [-0.1, -0.05) is 12.1 Å². The minimum atomic E-state index is -1.13. The standard InChI is InChI=1S/C11H10O4/c1-14-8-4-2-7(3-5-8)9-6-10(12)15-11(9)13/h2-6,10,12H,1H3. The van der Waals surface area contributed by atoms with Crippen molar-refractivity contribution in [3.63, 3.8) is 0 Å². The van der Waals surface area contributed by atoms with E-state index in [-0.39, 0.29) is 0 Å². The van der Waals surface area contributed by atoms with Crippen LogP contribution in [0.4, 0.5) is 0 Å². The second-order valence-corrected chi connectivity index (χ2v) is 3.10. The number of carbonyl (C=O) groups excluding carboxylic acids is 1. The average molecular weight is 206 g/mol. The van der Waals surface area contributed by atoms with E-state index in [0.29, 0.717) is 16.9 Å². The lowest BCUT2D eigenvalue weighted by molar-refractivity contribution is -0.149. The minimum absolute atomic E-state index is 0.380. The number of hydrogen-bond acceptors (Lipinski definition) is 4. The average Bonchev–Trinajstić information content (AvgIpc) is 2.58. The van der Waals surface area contributed by atoms with E-state index in [1.165, 1.54) is 6.08 Å². The van der Waals surface area contributed by atoms with Crippen LogP contribution in [0.1, 0.15) is 5.56 Å². The highest BCUT2D eigenvalue weighted by molar-refractivity contribution is 6.18. The van der Waals surface area contributed by atoms with Crippen molar-refractivity contribution in [2.75, 3.05) is 7.11 Å². The molecule has 0 amide bonds. The van der Waals surface area contributed by atoms with Crippen LogP contribution in [0, 0.1) is 0 Å². The highest BCUT2D eigenvalue weighted by atomic mass is 16.6. The molecule has 78 valence electrons. The van der Waals surface area contributed by atoms with Gasteiger partial charge in [0.2, 0.25) is 6.29 Å². The SMILES string of the molecule is COc1ccc(C2=CC(O)OC2=O)cc1. The molecule has 1 aromatic carbocycles. The number of aliphatic hydroxyl groups is 1. The molecular formula is C11H10O4. The van der Waals surface area contributed by atoms with Crippen LogP contribution in [-0.2, 0) is 9.53 Å². The quantitative estimate of drug-likeness (QED) is 0.732. The van der Waals surface area contributed by atoms with Crippen LogP contribution in [0.5, 0.6) is 5.75 Å². The molecule has 0 saturated carbocycles. The molecule has 1 atom stereocenters. The topological polar surface area (TPSA) is 55.8 Å². The van der Waals surface area contributed by atoms with Crippen molar-refractivity contribution in [3.05, 3.63) is 35.9 Å². The molecule has 4 heteroatoms. The normalized spacial score (nSPS) is 19.7. The van der Waals surface area contributed by atoms with Gasteiger partial charge in [0.15, 0.2) is 0 Å². The zero-order valence-corrected chi connectivity index (χ0v) is 8.14. The maximum atomic E-state index is 11.3. The molecule has 1 unspecified atom stereocenters. The molecule has 15 heavy (non-hydrogen) atoms. The number of hydrogen-bond donors (Lipinski definition) is 1. The molecule has 1 N–H and O–H groups in total. The van der Waals surface area contributed by atoms with Gasteiger partial charge in [0.1, 0.15) is 5.75 Å². The summed E-state index contributed by atoms with van der Waals surface area (Å²) in [6.07, 6.45) is 0.249. The maximum absolute atomic E-state index is 11.3. The number of rotatable bonds is 2. The van der Waals surface area contributed by atoms with E-state index in [1.807, 2.05) is 0 Å². The van der Waals surface area contributed by atoms with Crippen molar-refractivity contribution in [2.45, 2.75) is 6.29 Å². The van der Waals surface area contributed by atoms with E-state index in [1.54, 1.807) is 31.4 Å². The molecule has 1 aromatic rings. The van der Waals surface area contributed by atoms with Gasteiger partial charge in [-0.15, -0.1) is 0 Å². The lowest BCUT2D eigenvalue weighted by Gasteiger charge is -2.02. The largest absolute Gasteiger partial charge is 0.497 e. The third-order valence-corrected chi connectivity index (χ3v) is 2.16. The van der Waals surface area contributed by atoms with Gasteiger partial charge < -0.3 is 14.6 Å². The fraction of sp³-hybridized carbons (Fsp3) is 0.182. The first-order valence-corrected chi connectivity index (χ1v) is 4.46. The predicted octanol–water partition coefficient (Wildman–Crippen LogP) is 0.954. The molecule has 0 spiro atoms. The molecule has 0 fully saturated rings. The van der Waals surface area contributed by atoms with Gasteiger partial charge in [-0.3, -0.25) is 0 Å². The Labute approximate surface area is 86.7 Å². The third kappa shape index (κ3) is 1.85. The molecule has 0 saturated heterocycles. The van der Waals surface area contributed by atoms with Crippen LogP contribution in [0.3, 0.4) is 0 Å². The van der Waals surface area contributed by atoms with Crippen LogP contribution in [0.15, 0.2) is 30.3 Å². The molecule has 2 rings (SSSR count). The van der Waals surface area contributed by atoms with E-state index in [0.717, 1.165) is 0 Å². The zero-order valence-electron chi connectivity index (χ0n) is 8.14. The fourth-order valence-electron chi connectivity index (χ4n) is 1.40. The highest BCUT2D eigenvalue weighted by Gasteiger charge is 2.24. The Bertz CT molecular complexity index is 405. The Morgan fingerprint density at radius 3 is 2.47 bits per heavy atom. The molecule has 1 aliphatic heterocycles. The van der Waals surface area contributed by atoms with E-state index in [4.69, 9.17) is 9.84 Å². The first kappa shape index (κ1) is 9.73. The first-order valence-electron chi connectivity index (χ1n) is 4.46. The predicted molar refractivity (Wildman–Crippen MR) is 53.1 cm³/mol. The van der Waals surface area contributed by atoms with Crippen molar-refractivity contribution in [1.82, 2.24) is 0 Å². The number of benzene rings is 1. The zero-order chi connectivity index (χ0) is 10.8. The van der Waals surface area contributed by atoms with Crippen LogP contribution >= 0.6 is 0 Å². The highest BCUT2D eigenvalue weighted by Crippen LogP contribution is 2.24. The molecule has 4 nitrogen and oxygen atoms in total. The summed E-state index contributed by atoms with van der Waals surface area (Å²) in [7, 11) is 1.57. The van der Waals surface area contributed by atoms with Crippen molar-refractivity contribution < 1.29 is 19.4 Å². The summed E-state index contributed by atoms with van der Waals surface area (Å²) in [5.74, 6) is 0.207. The van der Waals surface area contributed by atoms with Crippen molar-refractivity contribution in [1.29, 1.82) is 0 Å². The Kier molecular flexibility index (Phi) is 2.43. The van der Waals surface area contributed by atoms with E-state index in [9.17, 15) is 4.79 Å². The Balaban J connectivity index is 2.30. The van der Waals surface area contributed by atoms with Gasteiger partial charge in [-0.05, 0) is 23.8 Å². The van der Waals surface area contributed by atoms with Gasteiger partial charge in [0.05, 0.1) is 12.7 Å². The molecule has 0 bridgehead atoms. The summed E-state index contributed by atoms with van der Waals surface area (Å²) in [4.78, 5) is 11.3. The lowest BCUT2D eigenvalue weighted by atomic mass is 10.1. The summed E-state index contributed by atoms with van der Waals surface area (Å²) in [5, 5.41) is 9.09.